The van der Waals surface area contributed by atoms with Crippen LogP contribution in [0.1, 0.15) is 33.6 Å². The first kappa shape index (κ1) is 14.3. The lowest BCUT2D eigenvalue weighted by Gasteiger charge is -2.46. The van der Waals surface area contributed by atoms with Gasteiger partial charge in [-0.2, -0.15) is 0 Å². The Labute approximate surface area is 113 Å². The van der Waals surface area contributed by atoms with Crippen LogP contribution >= 0.6 is 0 Å². The third-order valence-corrected chi connectivity index (χ3v) is 5.98. The fourth-order valence-electron chi connectivity index (χ4n) is 3.02. The maximum absolute atomic E-state index is 12.4. The van der Waals surface area contributed by atoms with E-state index >= 15 is 0 Å². The largest absolute Gasteiger partial charge is 0.343 e. The van der Waals surface area contributed by atoms with Gasteiger partial charge in [0.15, 0.2) is 9.84 Å². The monoisotopic (exact) mass is 288 g/mol. The predicted molar refractivity (Wildman–Crippen MR) is 70.2 cm³/mol. The number of hydrogen-bond donors (Lipinski definition) is 1. The zero-order valence-corrected chi connectivity index (χ0v) is 12.3. The van der Waals surface area contributed by atoms with Gasteiger partial charge in [0.2, 0.25) is 11.8 Å². The second-order valence-corrected chi connectivity index (χ2v) is 7.88. The van der Waals surface area contributed by atoms with E-state index in [0.717, 1.165) is 0 Å². The molecule has 2 fully saturated rings. The van der Waals surface area contributed by atoms with Crippen LogP contribution in [0.4, 0.5) is 0 Å². The normalized spacial score (nSPS) is 38.4. The molecule has 0 aromatic carbocycles. The molecule has 2 aliphatic rings. The van der Waals surface area contributed by atoms with Crippen molar-refractivity contribution in [2.45, 2.75) is 51.2 Å². The van der Waals surface area contributed by atoms with Crippen molar-refractivity contribution in [2.75, 3.05) is 11.5 Å². The molecule has 2 saturated heterocycles. The van der Waals surface area contributed by atoms with Gasteiger partial charge in [0.05, 0.1) is 17.0 Å². The number of carbonyl (C=O) groups excluding carboxylic acids is 2. The number of carbonyl (C=O) groups is 2. The highest BCUT2D eigenvalue weighted by atomic mass is 32.2. The maximum atomic E-state index is 12.4. The van der Waals surface area contributed by atoms with Gasteiger partial charge < -0.3 is 10.2 Å². The molecule has 2 rings (SSSR count). The third-order valence-electron chi connectivity index (χ3n) is 4.09. The molecule has 0 spiro atoms. The quantitative estimate of drug-likeness (QED) is 0.755. The Morgan fingerprint density at radius 2 is 2.05 bits per heavy atom. The van der Waals surface area contributed by atoms with Crippen molar-refractivity contribution >= 4 is 21.7 Å². The van der Waals surface area contributed by atoms with E-state index in [0.29, 0.717) is 12.8 Å². The topological polar surface area (TPSA) is 83.6 Å². The van der Waals surface area contributed by atoms with Gasteiger partial charge in [-0.1, -0.05) is 6.92 Å². The summed E-state index contributed by atoms with van der Waals surface area (Å²) in [6.45, 7) is 5.23. The second kappa shape index (κ2) is 4.47. The van der Waals surface area contributed by atoms with E-state index in [1.165, 1.54) is 4.90 Å². The Bertz CT molecular complexity index is 516. The van der Waals surface area contributed by atoms with Crippen molar-refractivity contribution in [1.82, 2.24) is 10.2 Å². The van der Waals surface area contributed by atoms with Crippen LogP contribution in [0.25, 0.3) is 0 Å². The summed E-state index contributed by atoms with van der Waals surface area (Å²) in [6.07, 6.45) is 0.908. The molecule has 0 radical (unpaired) electrons. The lowest BCUT2D eigenvalue weighted by molar-refractivity contribution is -0.154. The second-order valence-electron chi connectivity index (χ2n) is 5.69. The smallest absolute Gasteiger partial charge is 0.246 e. The van der Waals surface area contributed by atoms with Gasteiger partial charge in [0, 0.05) is 0 Å². The molecule has 0 aromatic heterocycles. The molecule has 0 bridgehead atoms. The summed E-state index contributed by atoms with van der Waals surface area (Å²) in [4.78, 5) is 25.8. The Balaban J connectivity index is 2.35. The fourth-order valence-corrected chi connectivity index (χ4v) is 5.15. The Kier molecular flexibility index (Phi) is 3.36. The van der Waals surface area contributed by atoms with Crippen LogP contribution in [0.5, 0.6) is 0 Å². The van der Waals surface area contributed by atoms with Gasteiger partial charge in [-0.15, -0.1) is 0 Å². The summed E-state index contributed by atoms with van der Waals surface area (Å²) in [5.74, 6) is -0.357. The van der Waals surface area contributed by atoms with Crippen LogP contribution in [0.15, 0.2) is 0 Å². The molecule has 2 heterocycles. The number of piperazine rings is 1. The minimum atomic E-state index is -3.12. The van der Waals surface area contributed by atoms with Gasteiger partial charge in [-0.05, 0) is 26.7 Å². The molecular formula is C12H20N2O4S. The number of amides is 2. The number of nitrogens with one attached hydrogen (secondary N) is 1. The van der Waals surface area contributed by atoms with Crippen LogP contribution < -0.4 is 5.32 Å². The molecular weight excluding hydrogens is 268 g/mol. The summed E-state index contributed by atoms with van der Waals surface area (Å²) in [6, 6.07) is -1.16. The van der Waals surface area contributed by atoms with Crippen molar-refractivity contribution < 1.29 is 18.0 Å². The molecule has 3 atom stereocenters. The summed E-state index contributed by atoms with van der Waals surface area (Å²) >= 11 is 0. The Morgan fingerprint density at radius 3 is 2.53 bits per heavy atom. The number of nitrogens with zero attached hydrogens (tertiary/aromatic N) is 1. The molecule has 2 amide bonds. The van der Waals surface area contributed by atoms with E-state index in [4.69, 9.17) is 0 Å². The van der Waals surface area contributed by atoms with Crippen molar-refractivity contribution in [3.63, 3.8) is 0 Å². The van der Waals surface area contributed by atoms with Crippen molar-refractivity contribution in [3.8, 4) is 0 Å². The first-order chi connectivity index (χ1) is 8.70. The van der Waals surface area contributed by atoms with Crippen LogP contribution in [0.2, 0.25) is 0 Å². The van der Waals surface area contributed by atoms with Crippen LogP contribution in [-0.2, 0) is 19.4 Å². The molecule has 7 heteroatoms. The minimum Gasteiger partial charge on any atom is -0.343 e. The van der Waals surface area contributed by atoms with Crippen molar-refractivity contribution in [3.05, 3.63) is 0 Å². The predicted octanol–water partition coefficient (Wildman–Crippen LogP) is -0.311. The minimum absolute atomic E-state index is 0.0558. The third kappa shape index (κ3) is 2.35. The molecule has 0 aromatic rings. The molecule has 19 heavy (non-hydrogen) atoms. The van der Waals surface area contributed by atoms with Gasteiger partial charge in [-0.3, -0.25) is 9.59 Å². The summed E-state index contributed by atoms with van der Waals surface area (Å²) < 4.78 is 23.4. The first-order valence-electron chi connectivity index (χ1n) is 6.54. The number of hydrogen-bond acceptors (Lipinski definition) is 4. The van der Waals surface area contributed by atoms with Gasteiger partial charge in [-0.25, -0.2) is 8.42 Å². The van der Waals surface area contributed by atoms with Crippen molar-refractivity contribution in [2.24, 2.45) is 0 Å². The van der Waals surface area contributed by atoms with Gasteiger partial charge in [0.1, 0.15) is 12.1 Å². The highest BCUT2D eigenvalue weighted by Gasteiger charge is 2.51. The van der Waals surface area contributed by atoms with E-state index in [1.807, 2.05) is 6.92 Å². The Hall–Kier alpha value is -1.11. The summed E-state index contributed by atoms with van der Waals surface area (Å²) in [5.41, 5.74) is -0.763. The van der Waals surface area contributed by atoms with E-state index in [2.05, 4.69) is 5.32 Å². The molecule has 2 aliphatic heterocycles. The molecule has 0 saturated carbocycles. The lowest BCUT2D eigenvalue weighted by atomic mass is 9.93. The first-order valence-corrected chi connectivity index (χ1v) is 8.36. The van der Waals surface area contributed by atoms with E-state index in [1.54, 1.807) is 13.8 Å². The fraction of sp³-hybridized carbons (Fsp3) is 0.833. The maximum Gasteiger partial charge on any atom is 0.246 e. The standard InChI is InChI=1S/C12H20N2O4S/c1-4-9-11(16)14(8(2)10(15)13-9)12(3)5-6-19(17,18)7-12/h8-9H,4-7H2,1-3H3,(H,13,15). The van der Waals surface area contributed by atoms with E-state index < -0.39 is 27.5 Å². The lowest BCUT2D eigenvalue weighted by Crippen LogP contribution is -2.68. The SMILES string of the molecule is CCC1NC(=O)C(C)N(C2(C)CCS(=O)(=O)C2)C1=O. The van der Waals surface area contributed by atoms with Crippen molar-refractivity contribution in [1.29, 1.82) is 0 Å². The zero-order chi connectivity index (χ0) is 14.4. The average Bonchev–Trinajstić information content (AvgIpc) is 2.59. The molecule has 108 valence electrons. The summed E-state index contributed by atoms with van der Waals surface area (Å²) in [5, 5.41) is 2.68. The van der Waals surface area contributed by atoms with Crippen LogP contribution in [0.3, 0.4) is 0 Å². The Morgan fingerprint density at radius 1 is 1.42 bits per heavy atom. The highest BCUT2D eigenvalue weighted by molar-refractivity contribution is 7.91. The molecule has 6 nitrogen and oxygen atoms in total. The van der Waals surface area contributed by atoms with Gasteiger partial charge in [0.25, 0.3) is 0 Å². The van der Waals surface area contributed by atoms with Crippen LogP contribution in [0, 0.1) is 0 Å². The van der Waals surface area contributed by atoms with E-state index in [9.17, 15) is 18.0 Å². The van der Waals surface area contributed by atoms with Gasteiger partial charge >= 0.3 is 0 Å². The molecule has 3 unspecified atom stereocenters. The molecule has 1 N–H and O–H groups in total. The zero-order valence-electron chi connectivity index (χ0n) is 11.5. The molecule has 0 aliphatic carbocycles. The highest BCUT2D eigenvalue weighted by Crippen LogP contribution is 2.33. The van der Waals surface area contributed by atoms with Crippen LogP contribution in [-0.4, -0.2) is 54.3 Å². The number of rotatable bonds is 2. The average molecular weight is 288 g/mol. The summed E-state index contributed by atoms with van der Waals surface area (Å²) in [7, 11) is -3.12. The number of sulfone groups is 1. The van der Waals surface area contributed by atoms with E-state index in [-0.39, 0.29) is 23.3 Å².